The lowest BCUT2D eigenvalue weighted by atomic mass is 9.69. The van der Waals surface area contributed by atoms with E-state index < -0.39 is 0 Å². The highest BCUT2D eigenvalue weighted by atomic mass is 32.2. The first kappa shape index (κ1) is 15.8. The SMILES string of the molecule is C[C@@H](CCSc1ccc(F)cc1)NCC1(CO)CCC1. The molecule has 0 radical (unpaired) electrons. The van der Waals surface area contributed by atoms with Gasteiger partial charge in [-0.15, -0.1) is 11.8 Å². The molecular formula is C16H24FNOS. The van der Waals surface area contributed by atoms with Crippen molar-refractivity contribution in [3.05, 3.63) is 30.1 Å². The molecule has 1 aromatic carbocycles. The highest BCUT2D eigenvalue weighted by Gasteiger charge is 2.36. The van der Waals surface area contributed by atoms with Crippen LogP contribution in [0, 0.1) is 11.2 Å². The number of halogens is 1. The van der Waals surface area contributed by atoms with Gasteiger partial charge in [0.15, 0.2) is 0 Å². The van der Waals surface area contributed by atoms with E-state index in [-0.39, 0.29) is 11.2 Å². The first-order valence-electron chi connectivity index (χ1n) is 7.36. The molecule has 20 heavy (non-hydrogen) atoms. The van der Waals surface area contributed by atoms with Gasteiger partial charge < -0.3 is 10.4 Å². The Morgan fingerprint density at radius 3 is 2.60 bits per heavy atom. The average molecular weight is 297 g/mol. The summed E-state index contributed by atoms with van der Waals surface area (Å²) in [5.74, 6) is 0.838. The lowest BCUT2D eigenvalue weighted by molar-refractivity contribution is 0.0425. The van der Waals surface area contributed by atoms with Crippen LogP contribution in [0.25, 0.3) is 0 Å². The van der Waals surface area contributed by atoms with Crippen LogP contribution < -0.4 is 5.32 Å². The van der Waals surface area contributed by atoms with Gasteiger partial charge in [0, 0.05) is 29.5 Å². The molecule has 1 fully saturated rings. The summed E-state index contributed by atoms with van der Waals surface area (Å²) in [5.41, 5.74) is 0.151. The van der Waals surface area contributed by atoms with E-state index in [2.05, 4.69) is 12.2 Å². The van der Waals surface area contributed by atoms with Crippen molar-refractivity contribution in [2.24, 2.45) is 5.41 Å². The number of aliphatic hydroxyl groups excluding tert-OH is 1. The number of aliphatic hydroxyl groups is 1. The van der Waals surface area contributed by atoms with Crippen molar-refractivity contribution >= 4 is 11.8 Å². The minimum absolute atomic E-state index is 0.151. The zero-order valence-corrected chi connectivity index (χ0v) is 12.9. The summed E-state index contributed by atoms with van der Waals surface area (Å²) in [5, 5.41) is 13.0. The van der Waals surface area contributed by atoms with E-state index in [4.69, 9.17) is 0 Å². The van der Waals surface area contributed by atoms with Crippen molar-refractivity contribution in [1.29, 1.82) is 0 Å². The molecule has 0 saturated heterocycles. The fraction of sp³-hybridized carbons (Fsp3) is 0.625. The van der Waals surface area contributed by atoms with Crippen molar-refractivity contribution in [3.63, 3.8) is 0 Å². The first-order chi connectivity index (χ1) is 9.63. The number of benzene rings is 1. The Kier molecular flexibility index (Phi) is 5.87. The van der Waals surface area contributed by atoms with E-state index >= 15 is 0 Å². The summed E-state index contributed by atoms with van der Waals surface area (Å²) >= 11 is 1.76. The average Bonchev–Trinajstić information content (AvgIpc) is 2.40. The monoisotopic (exact) mass is 297 g/mol. The summed E-state index contributed by atoms with van der Waals surface area (Å²) in [6.07, 6.45) is 4.61. The van der Waals surface area contributed by atoms with Gasteiger partial charge in [-0.3, -0.25) is 0 Å². The highest BCUT2D eigenvalue weighted by Crippen LogP contribution is 2.39. The van der Waals surface area contributed by atoms with Crippen LogP contribution in [0.15, 0.2) is 29.2 Å². The molecule has 2 rings (SSSR count). The minimum Gasteiger partial charge on any atom is -0.396 e. The molecule has 1 aromatic rings. The molecule has 1 aliphatic carbocycles. The van der Waals surface area contributed by atoms with Crippen molar-refractivity contribution < 1.29 is 9.50 Å². The van der Waals surface area contributed by atoms with Gasteiger partial charge in [-0.1, -0.05) is 6.42 Å². The third-order valence-corrected chi connectivity index (χ3v) is 5.25. The van der Waals surface area contributed by atoms with Gasteiger partial charge in [0.05, 0.1) is 0 Å². The van der Waals surface area contributed by atoms with Gasteiger partial charge in [-0.2, -0.15) is 0 Å². The Morgan fingerprint density at radius 1 is 1.35 bits per heavy atom. The number of hydrogen-bond acceptors (Lipinski definition) is 3. The van der Waals surface area contributed by atoms with E-state index in [0.29, 0.717) is 12.6 Å². The molecule has 0 bridgehead atoms. The molecule has 4 heteroatoms. The molecule has 2 nitrogen and oxygen atoms in total. The molecule has 0 amide bonds. The van der Waals surface area contributed by atoms with Gasteiger partial charge in [0.25, 0.3) is 0 Å². The second-order valence-corrected chi connectivity index (χ2v) is 7.05. The Bertz CT molecular complexity index is 400. The second kappa shape index (κ2) is 7.43. The van der Waals surface area contributed by atoms with Crippen LogP contribution in [0.5, 0.6) is 0 Å². The zero-order chi connectivity index (χ0) is 14.4. The van der Waals surface area contributed by atoms with E-state index in [0.717, 1.165) is 36.5 Å². The molecular weight excluding hydrogens is 273 g/mol. The van der Waals surface area contributed by atoms with Crippen molar-refractivity contribution in [3.8, 4) is 0 Å². The predicted molar refractivity (Wildman–Crippen MR) is 82.6 cm³/mol. The van der Waals surface area contributed by atoms with E-state index in [1.807, 2.05) is 12.1 Å². The van der Waals surface area contributed by atoms with Crippen molar-refractivity contribution in [2.45, 2.75) is 43.5 Å². The number of thioether (sulfide) groups is 1. The van der Waals surface area contributed by atoms with Crippen LogP contribution in [-0.2, 0) is 0 Å². The van der Waals surface area contributed by atoms with Crippen LogP contribution in [-0.4, -0.2) is 30.1 Å². The van der Waals surface area contributed by atoms with Crippen LogP contribution in [0.2, 0.25) is 0 Å². The van der Waals surface area contributed by atoms with E-state index in [1.54, 1.807) is 11.8 Å². The number of rotatable bonds is 8. The van der Waals surface area contributed by atoms with Crippen LogP contribution in [0.4, 0.5) is 4.39 Å². The summed E-state index contributed by atoms with van der Waals surface area (Å²) in [7, 11) is 0. The van der Waals surface area contributed by atoms with Crippen molar-refractivity contribution in [1.82, 2.24) is 5.32 Å². The summed E-state index contributed by atoms with van der Waals surface area (Å²) in [6, 6.07) is 7.12. The molecule has 1 atom stereocenters. The topological polar surface area (TPSA) is 32.3 Å². The zero-order valence-electron chi connectivity index (χ0n) is 12.1. The Balaban J connectivity index is 1.62. The van der Waals surface area contributed by atoms with Gasteiger partial charge in [0.2, 0.25) is 0 Å². The van der Waals surface area contributed by atoms with Crippen LogP contribution in [0.1, 0.15) is 32.6 Å². The lowest BCUT2D eigenvalue weighted by Gasteiger charge is -2.41. The van der Waals surface area contributed by atoms with Crippen molar-refractivity contribution in [2.75, 3.05) is 18.9 Å². The standard InChI is InChI=1S/C16H24FNOS/c1-13(18-11-16(12-19)8-2-9-16)7-10-20-15-5-3-14(17)4-6-15/h3-6,13,18-19H,2,7-12H2,1H3/t13-/m0/s1. The third-order valence-electron chi connectivity index (χ3n) is 4.21. The maximum Gasteiger partial charge on any atom is 0.123 e. The number of hydrogen-bond donors (Lipinski definition) is 2. The van der Waals surface area contributed by atoms with E-state index in [1.165, 1.54) is 18.6 Å². The molecule has 1 saturated carbocycles. The molecule has 0 heterocycles. The normalized spacial score (nSPS) is 18.6. The summed E-state index contributed by atoms with van der Waals surface area (Å²) < 4.78 is 12.8. The second-order valence-electron chi connectivity index (χ2n) is 5.88. The van der Waals surface area contributed by atoms with Gasteiger partial charge in [0.1, 0.15) is 5.82 Å². The number of nitrogens with one attached hydrogen (secondary N) is 1. The molecule has 0 spiro atoms. The maximum absolute atomic E-state index is 12.8. The molecule has 0 unspecified atom stereocenters. The third kappa shape index (κ3) is 4.47. The molecule has 0 aromatic heterocycles. The van der Waals surface area contributed by atoms with Gasteiger partial charge in [-0.05, 0) is 56.2 Å². The largest absolute Gasteiger partial charge is 0.396 e. The molecule has 0 aliphatic heterocycles. The lowest BCUT2D eigenvalue weighted by Crippen LogP contribution is -2.45. The molecule has 2 N–H and O–H groups in total. The van der Waals surface area contributed by atoms with E-state index in [9.17, 15) is 9.50 Å². The summed E-state index contributed by atoms with van der Waals surface area (Å²) in [6.45, 7) is 3.41. The maximum atomic E-state index is 12.8. The van der Waals surface area contributed by atoms with Crippen LogP contribution >= 0.6 is 11.8 Å². The van der Waals surface area contributed by atoms with Gasteiger partial charge in [-0.25, -0.2) is 4.39 Å². The Hall–Kier alpha value is -0.580. The highest BCUT2D eigenvalue weighted by molar-refractivity contribution is 7.99. The quantitative estimate of drug-likeness (QED) is 0.721. The Labute approximate surface area is 125 Å². The smallest absolute Gasteiger partial charge is 0.123 e. The Morgan fingerprint density at radius 2 is 2.05 bits per heavy atom. The van der Waals surface area contributed by atoms with Crippen LogP contribution in [0.3, 0.4) is 0 Å². The fourth-order valence-corrected chi connectivity index (χ4v) is 3.48. The van der Waals surface area contributed by atoms with Gasteiger partial charge >= 0.3 is 0 Å². The first-order valence-corrected chi connectivity index (χ1v) is 8.35. The summed E-state index contributed by atoms with van der Waals surface area (Å²) in [4.78, 5) is 1.12. The predicted octanol–water partition coefficient (Wildman–Crippen LogP) is 3.45. The molecule has 1 aliphatic rings. The molecule has 112 valence electrons. The minimum atomic E-state index is -0.181. The fourth-order valence-electron chi connectivity index (χ4n) is 2.44.